The van der Waals surface area contributed by atoms with Crippen molar-refractivity contribution in [3.8, 4) is 17.2 Å². The third-order valence-electron chi connectivity index (χ3n) is 3.91. The molecule has 0 atom stereocenters. The molecule has 0 amide bonds. The van der Waals surface area contributed by atoms with Crippen LogP contribution in [0.5, 0.6) is 17.2 Å². The van der Waals surface area contributed by atoms with Gasteiger partial charge in [0.1, 0.15) is 0 Å². The maximum absolute atomic E-state index is 10.8. The summed E-state index contributed by atoms with van der Waals surface area (Å²) >= 11 is 0. The molecule has 0 saturated carbocycles. The second-order valence-corrected chi connectivity index (χ2v) is 6.38. The van der Waals surface area contributed by atoms with Gasteiger partial charge in [-0.25, -0.2) is 0 Å². The molecule has 3 aromatic rings. The Morgan fingerprint density at radius 1 is 0.432 bits per heavy atom. The molecule has 0 fully saturated rings. The topological polar surface area (TPSA) is 249 Å². The zero-order chi connectivity index (χ0) is 27.4. The molecule has 0 aliphatic carbocycles. The van der Waals surface area contributed by atoms with Crippen molar-refractivity contribution in [3.05, 3.63) is 134 Å². The van der Waals surface area contributed by atoms with E-state index in [9.17, 15) is 44.7 Å². The summed E-state index contributed by atoms with van der Waals surface area (Å²) in [4.78, 5) is 61.1. The van der Waals surface area contributed by atoms with E-state index in [0.717, 1.165) is 72.8 Å². The maximum Gasteiger partial charge on any atom is 3.00 e. The molecule has 3 aromatic carbocycles. The molecule has 0 aliphatic rings. The van der Waals surface area contributed by atoms with Crippen LogP contribution < -0.4 is 16.3 Å². The van der Waals surface area contributed by atoms with Crippen LogP contribution >= 0.6 is 0 Å². The predicted molar refractivity (Wildman–Crippen MR) is 133 cm³/mol. The van der Waals surface area contributed by atoms with Gasteiger partial charge in [0.2, 0.25) is 0 Å². The van der Waals surface area contributed by atoms with E-state index in [1.165, 1.54) is 0 Å². The molecule has 0 heterocycles. The van der Waals surface area contributed by atoms with Gasteiger partial charge >= 0.3 is 43.5 Å². The number of rotatable bonds is 3. The molecule has 0 saturated heterocycles. The van der Waals surface area contributed by atoms with E-state index in [4.69, 9.17) is 15.3 Å². The molecule has 37 heavy (non-hydrogen) atoms. The van der Waals surface area contributed by atoms with Crippen LogP contribution in [0.3, 0.4) is 0 Å². The molecule has 15 nitrogen and oxygen atoms in total. The van der Waals surface area contributed by atoms with Crippen LogP contribution in [0.15, 0.2) is 87.2 Å². The van der Waals surface area contributed by atoms with Crippen molar-refractivity contribution in [2.24, 2.45) is 0 Å². The van der Waals surface area contributed by atoms with Crippen molar-refractivity contribution in [2.45, 2.75) is 0 Å². The Morgan fingerprint density at radius 2 is 0.622 bits per heavy atom. The van der Waals surface area contributed by atoms with E-state index < -0.39 is 31.1 Å². The Labute approximate surface area is 224 Å². The second kappa shape index (κ2) is 15.2. The summed E-state index contributed by atoms with van der Waals surface area (Å²) in [5, 5.41) is 51.7. The quantitative estimate of drug-likeness (QED) is 0.161. The van der Waals surface area contributed by atoms with Gasteiger partial charge < -0.3 is 15.3 Å². The smallest absolute Gasteiger partial charge is 0.591 e. The first-order valence-corrected chi connectivity index (χ1v) is 9.34. The van der Waals surface area contributed by atoms with Gasteiger partial charge in [0.15, 0.2) is 0 Å². The fraction of sp³-hybridized carbons (Fsp3) is 0. The molecule has 2 radical (unpaired) electrons. The fourth-order valence-corrected chi connectivity index (χ4v) is 2.04. The first-order chi connectivity index (χ1) is 16.8. The average Bonchev–Trinajstić information content (AvgIpc) is 3.18. The standard InChI is InChI=1S/3C7H5NO4.Bi/c3*9-6-3-1-5(8(11)12)2-4-7(6)10;/h3*1-4H,(H,9,10);/q;;;+3/p+3. The summed E-state index contributed by atoms with van der Waals surface area (Å²) < 4.78 is 0. The van der Waals surface area contributed by atoms with Gasteiger partial charge in [0.05, 0.1) is 14.8 Å². The molecule has 0 bridgehead atoms. The van der Waals surface area contributed by atoms with E-state index in [0.29, 0.717) is 0 Å². The second-order valence-electron chi connectivity index (χ2n) is 6.38. The molecule has 0 unspecified atom stereocenters. The van der Waals surface area contributed by atoms with E-state index in [-0.39, 0.29) is 60.5 Å². The van der Waals surface area contributed by atoms with Crippen molar-refractivity contribution in [1.82, 2.24) is 0 Å². The minimum Gasteiger partial charge on any atom is -0.591 e. The van der Waals surface area contributed by atoms with Gasteiger partial charge in [-0.05, 0) is 0 Å². The third-order valence-corrected chi connectivity index (χ3v) is 3.91. The molecule has 188 valence electrons. The Hall–Kier alpha value is -4.85. The zero-order valence-corrected chi connectivity index (χ0v) is 21.9. The van der Waals surface area contributed by atoms with Gasteiger partial charge in [-0.15, -0.1) is 0 Å². The largest absolute Gasteiger partial charge is 3.00 e. The van der Waals surface area contributed by atoms with E-state index in [1.54, 1.807) is 0 Å². The number of hydrogen-bond donors (Lipinski definition) is 0. The molecule has 3 rings (SSSR count). The predicted octanol–water partition coefficient (Wildman–Crippen LogP) is 0.798. The van der Waals surface area contributed by atoms with Crippen LogP contribution in [-0.4, -0.2) is 56.3 Å². The normalized spacial score (nSPS) is 9.08. The number of hydrogen-bond acceptors (Lipinski definition) is 9. The van der Waals surface area contributed by atoms with Gasteiger partial charge in [0.25, 0.3) is 33.3 Å². The van der Waals surface area contributed by atoms with Crippen LogP contribution in [0, 0.1) is 30.3 Å². The summed E-state index contributed by atoms with van der Waals surface area (Å²) in [6.07, 6.45) is 0. The maximum atomic E-state index is 10.8. The first kappa shape index (κ1) is 32.2. The van der Waals surface area contributed by atoms with Gasteiger partial charge in [-0.3, -0.25) is 44.7 Å². The molecule has 0 spiro atoms. The van der Waals surface area contributed by atoms with Crippen molar-refractivity contribution >= 4 is 43.3 Å². The summed E-state index contributed by atoms with van der Waals surface area (Å²) in [5.41, 5.74) is -2.14. The Balaban J connectivity index is 0.000000518. The Bertz CT molecular complexity index is 1310. The average molecular weight is 713 g/mol. The van der Waals surface area contributed by atoms with Crippen LogP contribution in [0.25, 0.3) is 0 Å². The van der Waals surface area contributed by atoms with Crippen LogP contribution in [0.4, 0.5) is 17.1 Å². The van der Waals surface area contributed by atoms with Crippen molar-refractivity contribution in [3.63, 3.8) is 0 Å². The molecule has 6 N–H and O–H groups in total. The Kier molecular flexibility index (Phi) is 13.2. The van der Waals surface area contributed by atoms with E-state index in [2.05, 4.69) is 0 Å². The van der Waals surface area contributed by atoms with Gasteiger partial charge in [-0.2, -0.15) is 0 Å². The van der Waals surface area contributed by atoms with Crippen molar-refractivity contribution < 1.29 is 30.1 Å². The number of nitro groups is 3. The molecule has 16 heteroatoms. The zero-order valence-electron chi connectivity index (χ0n) is 18.4. The first-order valence-electron chi connectivity index (χ1n) is 9.34. The fourth-order valence-electron chi connectivity index (χ4n) is 2.04. The Morgan fingerprint density at radius 3 is 0.811 bits per heavy atom. The molecule has 0 aromatic heterocycles. The molecular weight excluding hydrogens is 695 g/mol. The van der Waals surface area contributed by atoms with Crippen molar-refractivity contribution in [2.75, 3.05) is 0 Å². The van der Waals surface area contributed by atoms with Gasteiger partial charge in [0, 0.05) is 72.8 Å². The summed E-state index contributed by atoms with van der Waals surface area (Å²) in [6, 6.07) is 13.0. The van der Waals surface area contributed by atoms with E-state index in [1.807, 2.05) is 0 Å². The summed E-state index contributed by atoms with van der Waals surface area (Å²) in [6.45, 7) is 0. The molecular formula is C21H18BiN3O12+6. The summed E-state index contributed by atoms with van der Waals surface area (Å²) in [5.74, 6) is -0.741. The van der Waals surface area contributed by atoms with Crippen LogP contribution in [-0.2, 0) is 0 Å². The van der Waals surface area contributed by atoms with Gasteiger partial charge in [-0.1, -0.05) is 0 Å². The summed E-state index contributed by atoms with van der Waals surface area (Å²) in [7, 11) is 0. The van der Waals surface area contributed by atoms with Crippen LogP contribution in [0.2, 0.25) is 0 Å². The number of nitrogens with zero attached hydrogens (tertiary/aromatic N) is 3. The monoisotopic (exact) mass is 713 g/mol. The minimum absolute atomic E-state index is 0. The SMILES string of the molecule is O=c1ccc([N+](=O)[O-])ccc1[OH2+].O=c1ccc([N+](=O)[O-])ccc1[OH2+].O=c1ccc([N+](=O)[O-])ccc1[OH2+].[Bi+3]. The van der Waals surface area contributed by atoms with Crippen LogP contribution in [0.1, 0.15) is 0 Å². The minimum atomic E-state index is -0.612. The van der Waals surface area contributed by atoms with Crippen molar-refractivity contribution in [1.29, 1.82) is 0 Å². The van der Waals surface area contributed by atoms with E-state index >= 15 is 0 Å². The third kappa shape index (κ3) is 11.0. The molecule has 0 aliphatic heterocycles.